The first kappa shape index (κ1) is 16.1. The molecule has 2 rings (SSSR count). The zero-order valence-electron chi connectivity index (χ0n) is 13.4. The lowest BCUT2D eigenvalue weighted by Gasteiger charge is -2.17. The van der Waals surface area contributed by atoms with Gasteiger partial charge in [0.15, 0.2) is 0 Å². The molecule has 1 unspecified atom stereocenters. The number of thioether (sulfide) groups is 1. The van der Waals surface area contributed by atoms with Gasteiger partial charge in [-0.2, -0.15) is 5.10 Å². The molecule has 0 aliphatic heterocycles. The molecule has 1 atom stereocenters. The van der Waals surface area contributed by atoms with Crippen LogP contribution >= 0.6 is 11.8 Å². The maximum Gasteiger partial charge on any atom is 0.0596 e. The van der Waals surface area contributed by atoms with Gasteiger partial charge in [0.1, 0.15) is 0 Å². The van der Waals surface area contributed by atoms with Crippen molar-refractivity contribution < 1.29 is 0 Å². The Kier molecular flexibility index (Phi) is 5.88. The van der Waals surface area contributed by atoms with Gasteiger partial charge < -0.3 is 5.32 Å². The molecule has 0 spiro atoms. The van der Waals surface area contributed by atoms with Gasteiger partial charge in [-0.05, 0) is 38.6 Å². The Balaban J connectivity index is 1.97. The quantitative estimate of drug-likeness (QED) is 0.796. The van der Waals surface area contributed by atoms with E-state index in [1.54, 1.807) is 0 Å². The van der Waals surface area contributed by atoms with Crippen molar-refractivity contribution in [3.8, 4) is 0 Å². The number of nitrogens with one attached hydrogen (secondary N) is 1. The molecule has 1 heterocycles. The zero-order chi connectivity index (χ0) is 15.2. The third kappa shape index (κ3) is 4.90. The summed E-state index contributed by atoms with van der Waals surface area (Å²) in [6, 6.07) is 11.4. The van der Waals surface area contributed by atoms with Crippen molar-refractivity contribution >= 4 is 11.8 Å². The average molecular weight is 303 g/mol. The van der Waals surface area contributed by atoms with Gasteiger partial charge in [0.2, 0.25) is 0 Å². The van der Waals surface area contributed by atoms with Crippen molar-refractivity contribution in [2.24, 2.45) is 7.05 Å². The normalized spacial score (nSPS) is 12.6. The largest absolute Gasteiger partial charge is 0.313 e. The van der Waals surface area contributed by atoms with Gasteiger partial charge >= 0.3 is 0 Å². The molecule has 0 aliphatic carbocycles. The van der Waals surface area contributed by atoms with E-state index in [1.807, 2.05) is 30.4 Å². The molecule has 21 heavy (non-hydrogen) atoms. The molecule has 0 fully saturated rings. The molecule has 0 bridgehead atoms. The fraction of sp³-hybridized carbons (Fsp3) is 0.471. The van der Waals surface area contributed by atoms with Gasteiger partial charge in [-0.25, -0.2) is 0 Å². The summed E-state index contributed by atoms with van der Waals surface area (Å²) in [5.41, 5.74) is 3.71. The van der Waals surface area contributed by atoms with E-state index < -0.39 is 0 Å². The first-order chi connectivity index (χ1) is 10.1. The van der Waals surface area contributed by atoms with E-state index >= 15 is 0 Å². The molecule has 0 radical (unpaired) electrons. The third-order valence-corrected chi connectivity index (χ3v) is 4.64. The highest BCUT2D eigenvalue weighted by molar-refractivity contribution is 7.99. The van der Waals surface area contributed by atoms with Gasteiger partial charge in [0.05, 0.1) is 5.69 Å². The summed E-state index contributed by atoms with van der Waals surface area (Å²) >= 11 is 1.92. The molecule has 3 nitrogen and oxygen atoms in total. The number of hydrogen-bond donors (Lipinski definition) is 1. The fourth-order valence-corrected chi connectivity index (χ4v) is 3.56. The van der Waals surface area contributed by atoms with Crippen molar-refractivity contribution in [2.75, 3.05) is 12.3 Å². The summed E-state index contributed by atoms with van der Waals surface area (Å²) < 4.78 is 2.00. The van der Waals surface area contributed by atoms with Crippen LogP contribution in [0.5, 0.6) is 0 Å². The van der Waals surface area contributed by atoms with Crippen molar-refractivity contribution in [1.82, 2.24) is 15.1 Å². The Morgan fingerprint density at radius 1 is 1.29 bits per heavy atom. The van der Waals surface area contributed by atoms with Crippen LogP contribution in [0.25, 0.3) is 0 Å². The minimum atomic E-state index is 0.468. The first-order valence-electron chi connectivity index (χ1n) is 7.51. The van der Waals surface area contributed by atoms with E-state index in [9.17, 15) is 0 Å². The van der Waals surface area contributed by atoms with E-state index in [2.05, 4.69) is 54.6 Å². The summed E-state index contributed by atoms with van der Waals surface area (Å²) in [7, 11) is 2.03. The second-order valence-electron chi connectivity index (χ2n) is 5.49. The summed E-state index contributed by atoms with van der Waals surface area (Å²) in [6.45, 7) is 7.35. The Bertz CT molecular complexity index is 577. The van der Waals surface area contributed by atoms with Gasteiger partial charge in [-0.15, -0.1) is 11.8 Å². The molecular formula is C17H25N3S. The van der Waals surface area contributed by atoms with E-state index in [0.717, 1.165) is 24.4 Å². The van der Waals surface area contributed by atoms with E-state index in [4.69, 9.17) is 0 Å². The Labute approximate surface area is 132 Å². The molecule has 0 saturated carbocycles. The summed E-state index contributed by atoms with van der Waals surface area (Å²) in [5.74, 6) is 1.07. The summed E-state index contributed by atoms with van der Waals surface area (Å²) in [6.07, 6.45) is 1.02. The van der Waals surface area contributed by atoms with Crippen LogP contribution in [0.15, 0.2) is 35.2 Å². The maximum atomic E-state index is 4.44. The first-order valence-corrected chi connectivity index (χ1v) is 8.49. The average Bonchev–Trinajstić information content (AvgIpc) is 2.74. The number of likely N-dealkylation sites (N-methyl/N-ethyl adjacent to an activating group) is 1. The Hall–Kier alpha value is -1.26. The molecule has 0 aliphatic rings. The minimum absolute atomic E-state index is 0.468. The lowest BCUT2D eigenvalue weighted by atomic mass is 10.1. The molecule has 1 aromatic carbocycles. The van der Waals surface area contributed by atoms with Crippen molar-refractivity contribution in [3.63, 3.8) is 0 Å². The van der Waals surface area contributed by atoms with Gasteiger partial charge in [0.25, 0.3) is 0 Å². The highest BCUT2D eigenvalue weighted by atomic mass is 32.2. The number of rotatable bonds is 7. The molecule has 114 valence electrons. The number of hydrogen-bond acceptors (Lipinski definition) is 3. The molecule has 4 heteroatoms. The van der Waals surface area contributed by atoms with Crippen LogP contribution in [0.3, 0.4) is 0 Å². The molecule has 0 amide bonds. The Morgan fingerprint density at radius 3 is 2.71 bits per heavy atom. The van der Waals surface area contributed by atoms with Crippen LogP contribution in [0.4, 0.5) is 0 Å². The second-order valence-corrected chi connectivity index (χ2v) is 6.58. The zero-order valence-corrected chi connectivity index (χ0v) is 14.2. The monoisotopic (exact) mass is 303 g/mol. The lowest BCUT2D eigenvalue weighted by molar-refractivity contribution is 0.549. The van der Waals surface area contributed by atoms with Crippen molar-refractivity contribution in [3.05, 3.63) is 47.3 Å². The minimum Gasteiger partial charge on any atom is -0.313 e. The third-order valence-electron chi connectivity index (χ3n) is 3.49. The second kappa shape index (κ2) is 7.66. The lowest BCUT2D eigenvalue weighted by Crippen LogP contribution is -2.33. The smallest absolute Gasteiger partial charge is 0.0596 e. The van der Waals surface area contributed by atoms with Gasteiger partial charge in [-0.1, -0.05) is 24.6 Å². The standard InChI is InChI=1S/C17H25N3S/c1-5-18-15(11-16-10-14(3)19-20(16)4)12-21-17-8-6-7-13(2)9-17/h6-10,15,18H,5,11-12H2,1-4H3. The summed E-state index contributed by atoms with van der Waals surface area (Å²) in [5, 5.41) is 8.03. The Morgan fingerprint density at radius 2 is 2.10 bits per heavy atom. The fourth-order valence-electron chi connectivity index (χ4n) is 2.49. The highest BCUT2D eigenvalue weighted by Crippen LogP contribution is 2.21. The van der Waals surface area contributed by atoms with Crippen LogP contribution in [0.1, 0.15) is 23.9 Å². The van der Waals surface area contributed by atoms with Crippen LogP contribution < -0.4 is 5.32 Å². The number of benzene rings is 1. The van der Waals surface area contributed by atoms with Crippen molar-refractivity contribution in [2.45, 2.75) is 38.1 Å². The number of aromatic nitrogens is 2. The van der Waals surface area contributed by atoms with Crippen LogP contribution in [-0.2, 0) is 13.5 Å². The molecule has 0 saturated heterocycles. The number of nitrogens with zero attached hydrogens (tertiary/aromatic N) is 2. The van der Waals surface area contributed by atoms with Crippen LogP contribution in [0.2, 0.25) is 0 Å². The SMILES string of the molecule is CCNC(CSc1cccc(C)c1)Cc1cc(C)nn1C. The highest BCUT2D eigenvalue weighted by Gasteiger charge is 2.12. The molecular weight excluding hydrogens is 278 g/mol. The topological polar surface area (TPSA) is 29.9 Å². The van der Waals surface area contributed by atoms with Crippen LogP contribution in [-0.4, -0.2) is 28.1 Å². The predicted molar refractivity (Wildman–Crippen MR) is 91.0 cm³/mol. The van der Waals surface area contributed by atoms with E-state index in [0.29, 0.717) is 6.04 Å². The predicted octanol–water partition coefficient (Wildman–Crippen LogP) is 3.35. The van der Waals surface area contributed by atoms with Crippen molar-refractivity contribution in [1.29, 1.82) is 0 Å². The number of aryl methyl sites for hydroxylation is 3. The van der Waals surface area contributed by atoms with Gasteiger partial charge in [-0.3, -0.25) is 4.68 Å². The summed E-state index contributed by atoms with van der Waals surface area (Å²) in [4.78, 5) is 1.35. The van der Waals surface area contributed by atoms with Crippen LogP contribution in [0, 0.1) is 13.8 Å². The molecule has 1 aromatic heterocycles. The van der Waals surface area contributed by atoms with Gasteiger partial charge in [0, 0.05) is 35.9 Å². The molecule has 1 N–H and O–H groups in total. The maximum absolute atomic E-state index is 4.44. The van der Waals surface area contributed by atoms with E-state index in [1.165, 1.54) is 16.2 Å². The van der Waals surface area contributed by atoms with E-state index in [-0.39, 0.29) is 0 Å². The molecule has 2 aromatic rings.